The molecule has 2 nitrogen and oxygen atoms in total. The summed E-state index contributed by atoms with van der Waals surface area (Å²) < 4.78 is 0. The van der Waals surface area contributed by atoms with E-state index in [2.05, 4.69) is 20.8 Å². The van der Waals surface area contributed by atoms with Gasteiger partial charge in [0.05, 0.1) is 5.41 Å². The Bertz CT molecular complexity index is 462. The van der Waals surface area contributed by atoms with E-state index in [0.29, 0.717) is 5.92 Å². The summed E-state index contributed by atoms with van der Waals surface area (Å²) >= 11 is 0. The monoisotopic (exact) mass is 246 g/mol. The molecule has 0 radical (unpaired) electrons. The molecule has 0 unspecified atom stereocenters. The second kappa shape index (κ2) is 4.11. The predicted octanol–water partition coefficient (Wildman–Crippen LogP) is 3.77. The molecule has 1 aliphatic carbocycles. The topological polar surface area (TPSA) is 37.3 Å². The summed E-state index contributed by atoms with van der Waals surface area (Å²) in [5.41, 5.74) is 1.65. The average Bonchev–Trinajstić information content (AvgIpc) is 2.12. The van der Waals surface area contributed by atoms with Gasteiger partial charge in [0.25, 0.3) is 0 Å². The van der Waals surface area contributed by atoms with Gasteiger partial charge in [0, 0.05) is 0 Å². The van der Waals surface area contributed by atoms with Crippen molar-refractivity contribution in [2.75, 3.05) is 0 Å². The quantitative estimate of drug-likeness (QED) is 0.862. The maximum Gasteiger partial charge on any atom is 0.314 e. The lowest BCUT2D eigenvalue weighted by Crippen LogP contribution is -2.51. The normalized spacial score (nSPS) is 27.7. The highest BCUT2D eigenvalue weighted by molar-refractivity contribution is 5.83. The fourth-order valence-electron chi connectivity index (χ4n) is 2.87. The SMILES string of the molecule is Cc1cccc(C2(C(=O)O)CC(C(C)(C)C)C2)c1. The van der Waals surface area contributed by atoms with Crippen LogP contribution in [-0.4, -0.2) is 11.1 Å². The van der Waals surface area contributed by atoms with Crippen LogP contribution in [0.25, 0.3) is 0 Å². The van der Waals surface area contributed by atoms with Crippen molar-refractivity contribution in [3.05, 3.63) is 35.4 Å². The van der Waals surface area contributed by atoms with Gasteiger partial charge in [-0.1, -0.05) is 50.6 Å². The molecule has 0 aromatic heterocycles. The number of carboxylic acid groups (broad SMARTS) is 1. The zero-order valence-electron chi connectivity index (χ0n) is 11.7. The Morgan fingerprint density at radius 3 is 2.39 bits per heavy atom. The van der Waals surface area contributed by atoms with Gasteiger partial charge in [0.1, 0.15) is 0 Å². The fraction of sp³-hybridized carbons (Fsp3) is 0.562. The van der Waals surface area contributed by atoms with Gasteiger partial charge in [0.2, 0.25) is 0 Å². The van der Waals surface area contributed by atoms with Crippen LogP contribution in [0, 0.1) is 18.3 Å². The first-order valence-corrected chi connectivity index (χ1v) is 6.56. The molecule has 18 heavy (non-hydrogen) atoms. The number of aliphatic carboxylic acids is 1. The summed E-state index contributed by atoms with van der Waals surface area (Å²) in [5.74, 6) is -0.178. The molecule has 1 aromatic rings. The summed E-state index contributed by atoms with van der Waals surface area (Å²) in [6.07, 6.45) is 1.52. The van der Waals surface area contributed by atoms with E-state index in [-0.39, 0.29) is 5.41 Å². The number of rotatable bonds is 2. The fourth-order valence-corrected chi connectivity index (χ4v) is 2.87. The first-order valence-electron chi connectivity index (χ1n) is 6.56. The number of carbonyl (C=O) groups is 1. The van der Waals surface area contributed by atoms with Gasteiger partial charge in [-0.25, -0.2) is 0 Å². The third kappa shape index (κ3) is 2.05. The molecular formula is C16H22O2. The van der Waals surface area contributed by atoms with Crippen LogP contribution in [0.15, 0.2) is 24.3 Å². The van der Waals surface area contributed by atoms with Gasteiger partial charge in [0.15, 0.2) is 0 Å². The highest BCUT2D eigenvalue weighted by atomic mass is 16.4. The van der Waals surface area contributed by atoms with Gasteiger partial charge in [-0.2, -0.15) is 0 Å². The number of carboxylic acids is 1. The highest BCUT2D eigenvalue weighted by Gasteiger charge is 2.54. The minimum atomic E-state index is -0.673. The van der Waals surface area contributed by atoms with Crippen molar-refractivity contribution < 1.29 is 9.90 Å². The van der Waals surface area contributed by atoms with Crippen molar-refractivity contribution in [3.8, 4) is 0 Å². The third-order valence-electron chi connectivity index (χ3n) is 4.39. The van der Waals surface area contributed by atoms with E-state index in [1.165, 1.54) is 0 Å². The second-order valence-electron chi connectivity index (χ2n) is 6.73. The Morgan fingerprint density at radius 1 is 1.33 bits per heavy atom. The largest absolute Gasteiger partial charge is 0.481 e. The lowest BCUT2D eigenvalue weighted by atomic mass is 9.52. The molecular weight excluding hydrogens is 224 g/mol. The first kappa shape index (κ1) is 13.1. The van der Waals surface area contributed by atoms with Crippen molar-refractivity contribution in [2.45, 2.75) is 46.0 Å². The lowest BCUT2D eigenvalue weighted by Gasteiger charge is -2.50. The van der Waals surface area contributed by atoms with Crippen LogP contribution >= 0.6 is 0 Å². The molecule has 2 heteroatoms. The lowest BCUT2D eigenvalue weighted by molar-refractivity contribution is -0.152. The molecule has 98 valence electrons. The molecule has 0 saturated heterocycles. The van der Waals surface area contributed by atoms with Crippen LogP contribution in [0.1, 0.15) is 44.7 Å². The maximum absolute atomic E-state index is 11.7. The molecule has 1 N–H and O–H groups in total. The van der Waals surface area contributed by atoms with Crippen LogP contribution in [0.3, 0.4) is 0 Å². The van der Waals surface area contributed by atoms with Gasteiger partial charge < -0.3 is 5.11 Å². The first-order chi connectivity index (χ1) is 8.25. The number of benzene rings is 1. The molecule has 1 aliphatic rings. The summed E-state index contributed by atoms with van der Waals surface area (Å²) in [5, 5.41) is 9.61. The van der Waals surface area contributed by atoms with Gasteiger partial charge >= 0.3 is 5.97 Å². The van der Waals surface area contributed by atoms with E-state index in [9.17, 15) is 9.90 Å². The van der Waals surface area contributed by atoms with Gasteiger partial charge in [-0.3, -0.25) is 4.79 Å². The molecule has 0 heterocycles. The van der Waals surface area contributed by atoms with E-state index in [4.69, 9.17) is 0 Å². The Morgan fingerprint density at radius 2 is 1.94 bits per heavy atom. The number of hydrogen-bond donors (Lipinski definition) is 1. The van der Waals surface area contributed by atoms with E-state index in [1.807, 2.05) is 31.2 Å². The van der Waals surface area contributed by atoms with Crippen molar-refractivity contribution in [1.29, 1.82) is 0 Å². The molecule has 2 rings (SSSR count). The van der Waals surface area contributed by atoms with E-state index in [0.717, 1.165) is 24.0 Å². The minimum absolute atomic E-state index is 0.197. The van der Waals surface area contributed by atoms with Crippen molar-refractivity contribution >= 4 is 5.97 Å². The summed E-state index contributed by atoms with van der Waals surface area (Å²) in [6.45, 7) is 8.60. The Kier molecular flexibility index (Phi) is 3.00. The van der Waals surface area contributed by atoms with Crippen LogP contribution in [-0.2, 0) is 10.2 Å². The molecule has 0 amide bonds. The Labute approximate surface area is 109 Å². The third-order valence-corrected chi connectivity index (χ3v) is 4.39. The average molecular weight is 246 g/mol. The predicted molar refractivity (Wildman–Crippen MR) is 72.7 cm³/mol. The summed E-state index contributed by atoms with van der Waals surface area (Å²) in [6, 6.07) is 7.95. The maximum atomic E-state index is 11.7. The van der Waals surface area contributed by atoms with Gasteiger partial charge in [-0.05, 0) is 36.7 Å². The van der Waals surface area contributed by atoms with Crippen LogP contribution in [0.2, 0.25) is 0 Å². The number of hydrogen-bond acceptors (Lipinski definition) is 1. The Hall–Kier alpha value is -1.31. The zero-order chi connectivity index (χ0) is 13.6. The molecule has 0 bridgehead atoms. The van der Waals surface area contributed by atoms with Crippen molar-refractivity contribution in [1.82, 2.24) is 0 Å². The molecule has 1 fully saturated rings. The Balaban J connectivity index is 2.30. The summed E-state index contributed by atoms with van der Waals surface area (Å²) in [7, 11) is 0. The molecule has 1 saturated carbocycles. The smallest absolute Gasteiger partial charge is 0.314 e. The highest BCUT2D eigenvalue weighted by Crippen LogP contribution is 2.54. The van der Waals surface area contributed by atoms with Crippen LogP contribution in [0.5, 0.6) is 0 Å². The van der Waals surface area contributed by atoms with Crippen molar-refractivity contribution in [3.63, 3.8) is 0 Å². The van der Waals surface area contributed by atoms with Gasteiger partial charge in [-0.15, -0.1) is 0 Å². The molecule has 0 aliphatic heterocycles. The van der Waals surface area contributed by atoms with E-state index >= 15 is 0 Å². The van der Waals surface area contributed by atoms with Crippen LogP contribution < -0.4 is 0 Å². The molecule has 0 spiro atoms. The molecule has 1 aromatic carbocycles. The second-order valence-corrected chi connectivity index (χ2v) is 6.73. The van der Waals surface area contributed by atoms with E-state index in [1.54, 1.807) is 0 Å². The minimum Gasteiger partial charge on any atom is -0.481 e. The zero-order valence-corrected chi connectivity index (χ0v) is 11.7. The standard InChI is InChI=1S/C16H22O2/c1-11-6-5-7-12(8-11)16(14(17)18)9-13(10-16)15(2,3)4/h5-8,13H,9-10H2,1-4H3,(H,17,18). The summed E-state index contributed by atoms with van der Waals surface area (Å²) in [4.78, 5) is 11.7. The van der Waals surface area contributed by atoms with Crippen molar-refractivity contribution in [2.24, 2.45) is 11.3 Å². The van der Waals surface area contributed by atoms with Crippen LogP contribution in [0.4, 0.5) is 0 Å². The van der Waals surface area contributed by atoms with E-state index < -0.39 is 11.4 Å². The number of aryl methyl sites for hydroxylation is 1. The molecule has 0 atom stereocenters.